The molecule has 1 heterocycles. The number of methoxy groups -OCH3 is 1. The third-order valence-electron chi connectivity index (χ3n) is 3.57. The summed E-state index contributed by atoms with van der Waals surface area (Å²) in [4.78, 5) is 12.3. The second-order valence-electron chi connectivity index (χ2n) is 5.36. The van der Waals surface area contributed by atoms with Crippen molar-refractivity contribution < 1.29 is 14.3 Å². The summed E-state index contributed by atoms with van der Waals surface area (Å²) in [6, 6.07) is 16.0. The Bertz CT molecular complexity index is 894. The first kappa shape index (κ1) is 16.9. The van der Waals surface area contributed by atoms with Crippen LogP contribution in [0, 0.1) is 6.92 Å². The Morgan fingerprint density at radius 2 is 1.76 bits per heavy atom. The van der Waals surface area contributed by atoms with Gasteiger partial charge in [0, 0.05) is 16.7 Å². The highest BCUT2D eigenvalue weighted by Gasteiger charge is 2.16. The average molecular weight is 355 g/mol. The molecule has 0 spiro atoms. The van der Waals surface area contributed by atoms with Gasteiger partial charge in [0.25, 0.3) is 0 Å². The van der Waals surface area contributed by atoms with Crippen LogP contribution < -0.4 is 9.47 Å². The van der Waals surface area contributed by atoms with Gasteiger partial charge in [0.15, 0.2) is 0 Å². The SMILES string of the molecule is COc1ccc(Cl)cc1C(=O)Oc1ccc(-c2ccc(C)cc2)nn1. The summed E-state index contributed by atoms with van der Waals surface area (Å²) in [6.45, 7) is 2.02. The van der Waals surface area contributed by atoms with E-state index in [2.05, 4.69) is 10.2 Å². The molecule has 25 heavy (non-hydrogen) atoms. The van der Waals surface area contributed by atoms with Gasteiger partial charge in [-0.05, 0) is 31.2 Å². The molecule has 0 amide bonds. The molecule has 3 rings (SSSR count). The predicted molar refractivity (Wildman–Crippen MR) is 95.2 cm³/mol. The monoisotopic (exact) mass is 354 g/mol. The molecule has 3 aromatic rings. The van der Waals surface area contributed by atoms with Gasteiger partial charge in [-0.2, -0.15) is 0 Å². The van der Waals surface area contributed by atoms with E-state index in [9.17, 15) is 4.79 Å². The van der Waals surface area contributed by atoms with Crippen LogP contribution in [0.15, 0.2) is 54.6 Å². The van der Waals surface area contributed by atoms with Gasteiger partial charge in [-0.25, -0.2) is 4.79 Å². The van der Waals surface area contributed by atoms with Crippen molar-refractivity contribution in [2.24, 2.45) is 0 Å². The number of aromatic nitrogens is 2. The molecule has 126 valence electrons. The van der Waals surface area contributed by atoms with E-state index in [1.807, 2.05) is 31.2 Å². The van der Waals surface area contributed by atoms with Crippen LogP contribution >= 0.6 is 11.6 Å². The fraction of sp³-hybridized carbons (Fsp3) is 0.105. The second kappa shape index (κ2) is 7.32. The molecule has 0 atom stereocenters. The van der Waals surface area contributed by atoms with E-state index < -0.39 is 5.97 Å². The van der Waals surface area contributed by atoms with Crippen LogP contribution in [0.1, 0.15) is 15.9 Å². The number of hydrogen-bond acceptors (Lipinski definition) is 5. The molecule has 0 fully saturated rings. The molecule has 5 nitrogen and oxygen atoms in total. The molecule has 0 aliphatic heterocycles. The Hall–Kier alpha value is -2.92. The topological polar surface area (TPSA) is 61.3 Å². The summed E-state index contributed by atoms with van der Waals surface area (Å²) >= 11 is 5.93. The maximum Gasteiger partial charge on any atom is 0.348 e. The Morgan fingerprint density at radius 3 is 2.40 bits per heavy atom. The summed E-state index contributed by atoms with van der Waals surface area (Å²) in [5.74, 6) is -0.140. The van der Waals surface area contributed by atoms with Gasteiger partial charge in [-0.1, -0.05) is 41.4 Å². The number of carbonyl (C=O) groups excluding carboxylic acids is 1. The van der Waals surface area contributed by atoms with Crippen molar-refractivity contribution in [3.8, 4) is 22.9 Å². The molecule has 6 heteroatoms. The molecule has 0 radical (unpaired) electrons. The number of aryl methyl sites for hydroxylation is 1. The molecular formula is C19H15ClN2O3. The van der Waals surface area contributed by atoms with Crippen LogP contribution in [0.2, 0.25) is 5.02 Å². The molecule has 0 bridgehead atoms. The quantitative estimate of drug-likeness (QED) is 0.652. The minimum atomic E-state index is -0.614. The zero-order chi connectivity index (χ0) is 17.8. The van der Waals surface area contributed by atoms with E-state index in [-0.39, 0.29) is 11.4 Å². The first-order valence-electron chi connectivity index (χ1n) is 7.53. The molecule has 0 aliphatic rings. The number of carbonyl (C=O) groups is 1. The summed E-state index contributed by atoms with van der Waals surface area (Å²) in [7, 11) is 1.47. The maximum atomic E-state index is 12.3. The number of nitrogens with zero attached hydrogens (tertiary/aromatic N) is 2. The van der Waals surface area contributed by atoms with Crippen molar-refractivity contribution >= 4 is 17.6 Å². The molecule has 2 aromatic carbocycles. The highest BCUT2D eigenvalue weighted by atomic mass is 35.5. The van der Waals surface area contributed by atoms with Crippen molar-refractivity contribution in [1.29, 1.82) is 0 Å². The zero-order valence-corrected chi connectivity index (χ0v) is 14.4. The Morgan fingerprint density at radius 1 is 1.00 bits per heavy atom. The van der Waals surface area contributed by atoms with Crippen molar-refractivity contribution in [2.45, 2.75) is 6.92 Å². The molecule has 0 saturated heterocycles. The van der Waals surface area contributed by atoms with Crippen molar-refractivity contribution in [3.05, 3.63) is 70.7 Å². The molecule has 0 aliphatic carbocycles. The van der Waals surface area contributed by atoms with Gasteiger partial charge in [0.1, 0.15) is 11.3 Å². The van der Waals surface area contributed by atoms with Crippen molar-refractivity contribution in [3.63, 3.8) is 0 Å². The Labute approximate surface area is 150 Å². The lowest BCUT2D eigenvalue weighted by Crippen LogP contribution is -2.11. The third kappa shape index (κ3) is 3.95. The van der Waals surface area contributed by atoms with Crippen molar-refractivity contribution in [2.75, 3.05) is 7.11 Å². The van der Waals surface area contributed by atoms with Gasteiger partial charge in [-0.15, -0.1) is 10.2 Å². The van der Waals surface area contributed by atoms with E-state index in [0.717, 1.165) is 11.1 Å². The van der Waals surface area contributed by atoms with Crippen LogP contribution in [0.5, 0.6) is 11.6 Å². The number of benzene rings is 2. The van der Waals surface area contributed by atoms with Gasteiger partial charge >= 0.3 is 5.97 Å². The molecule has 0 unspecified atom stereocenters. The summed E-state index contributed by atoms with van der Waals surface area (Å²) in [6.07, 6.45) is 0. The maximum absolute atomic E-state index is 12.3. The molecule has 0 saturated carbocycles. The number of esters is 1. The van der Waals surface area contributed by atoms with Crippen molar-refractivity contribution in [1.82, 2.24) is 10.2 Å². The fourth-order valence-corrected chi connectivity index (χ4v) is 2.41. The average Bonchev–Trinajstić information content (AvgIpc) is 2.63. The zero-order valence-electron chi connectivity index (χ0n) is 13.7. The largest absolute Gasteiger partial charge is 0.496 e. The Kier molecular flexibility index (Phi) is 4.95. The van der Waals surface area contributed by atoms with Gasteiger partial charge in [0.05, 0.1) is 12.8 Å². The fourth-order valence-electron chi connectivity index (χ4n) is 2.24. The molecule has 0 N–H and O–H groups in total. The van der Waals surface area contributed by atoms with Gasteiger partial charge < -0.3 is 9.47 Å². The summed E-state index contributed by atoms with van der Waals surface area (Å²) in [5, 5.41) is 8.47. The number of hydrogen-bond donors (Lipinski definition) is 0. The lowest BCUT2D eigenvalue weighted by molar-refractivity contribution is 0.0722. The number of ether oxygens (including phenoxy) is 2. The second-order valence-corrected chi connectivity index (χ2v) is 5.79. The van der Waals surface area contributed by atoms with E-state index >= 15 is 0 Å². The minimum absolute atomic E-state index is 0.0999. The summed E-state index contributed by atoms with van der Waals surface area (Å²) in [5.41, 5.74) is 3.02. The molecule has 1 aromatic heterocycles. The highest BCUT2D eigenvalue weighted by molar-refractivity contribution is 6.31. The lowest BCUT2D eigenvalue weighted by Gasteiger charge is -2.08. The standard InChI is InChI=1S/C19H15ClN2O3/c1-12-3-5-13(6-4-12)16-8-10-18(22-21-16)25-19(23)15-11-14(20)7-9-17(15)24-2/h3-11H,1-2H3. The van der Waals surface area contributed by atoms with Crippen LogP contribution in [-0.4, -0.2) is 23.3 Å². The minimum Gasteiger partial charge on any atom is -0.496 e. The smallest absolute Gasteiger partial charge is 0.348 e. The van der Waals surface area contributed by atoms with Crippen LogP contribution in [-0.2, 0) is 0 Å². The van der Waals surface area contributed by atoms with Crippen LogP contribution in [0.4, 0.5) is 0 Å². The number of rotatable bonds is 4. The van der Waals surface area contributed by atoms with E-state index in [4.69, 9.17) is 21.1 Å². The summed E-state index contributed by atoms with van der Waals surface area (Å²) < 4.78 is 10.4. The first-order chi connectivity index (χ1) is 12.1. The van der Waals surface area contributed by atoms with E-state index in [1.165, 1.54) is 13.2 Å². The predicted octanol–water partition coefficient (Wildman–Crippen LogP) is 4.33. The van der Waals surface area contributed by atoms with Gasteiger partial charge in [-0.3, -0.25) is 0 Å². The first-order valence-corrected chi connectivity index (χ1v) is 7.91. The van der Waals surface area contributed by atoms with Gasteiger partial charge in [0.2, 0.25) is 5.88 Å². The highest BCUT2D eigenvalue weighted by Crippen LogP contribution is 2.24. The molecular weight excluding hydrogens is 340 g/mol. The Balaban J connectivity index is 1.78. The van der Waals surface area contributed by atoms with E-state index in [1.54, 1.807) is 24.3 Å². The lowest BCUT2D eigenvalue weighted by atomic mass is 10.1. The van der Waals surface area contributed by atoms with Crippen LogP contribution in [0.3, 0.4) is 0 Å². The van der Waals surface area contributed by atoms with Crippen LogP contribution in [0.25, 0.3) is 11.3 Å². The van der Waals surface area contributed by atoms with E-state index in [0.29, 0.717) is 16.5 Å². The number of halogens is 1. The third-order valence-corrected chi connectivity index (χ3v) is 3.80. The normalized spacial score (nSPS) is 10.4.